The molecular weight excluding hydrogens is 276 g/mol. The fourth-order valence-electron chi connectivity index (χ4n) is 1.94. The minimum Gasteiger partial charge on any atom is -0.314 e. The van der Waals surface area contributed by atoms with Gasteiger partial charge in [0.2, 0.25) is 0 Å². The zero-order chi connectivity index (χ0) is 11.3. The summed E-state index contributed by atoms with van der Waals surface area (Å²) in [5.41, 5.74) is 0. The van der Waals surface area contributed by atoms with Crippen LogP contribution in [-0.2, 0) is 0 Å². The Bertz CT molecular complexity index is 185. The molecule has 0 amide bonds. The lowest BCUT2D eigenvalue weighted by atomic mass is 10.1. The molecule has 0 unspecified atom stereocenters. The van der Waals surface area contributed by atoms with E-state index < -0.39 is 12.2 Å². The largest absolute Gasteiger partial charge is 0.404 e. The molecule has 0 radical (unpaired) electrons. The molecule has 1 saturated heterocycles. The van der Waals surface area contributed by atoms with Crippen LogP contribution in [0, 0.1) is 0 Å². The van der Waals surface area contributed by atoms with Crippen LogP contribution in [0.5, 0.6) is 0 Å². The molecule has 2 nitrogen and oxygen atoms in total. The molecule has 1 aliphatic heterocycles. The van der Waals surface area contributed by atoms with Gasteiger partial charge in [-0.3, -0.25) is 4.90 Å². The Hall–Kier alpha value is 0.290. The van der Waals surface area contributed by atoms with Gasteiger partial charge in [-0.05, 0) is 6.42 Å². The van der Waals surface area contributed by atoms with E-state index in [1.165, 1.54) is 0 Å². The van der Waals surface area contributed by atoms with E-state index in [4.69, 9.17) is 0 Å². The Kier molecular flexibility index (Phi) is 10.7. The van der Waals surface area contributed by atoms with Gasteiger partial charge in [-0.25, -0.2) is 0 Å². The second-order valence-corrected chi connectivity index (χ2v) is 3.99. The van der Waals surface area contributed by atoms with Crippen molar-refractivity contribution in [2.24, 2.45) is 0 Å². The van der Waals surface area contributed by atoms with Gasteiger partial charge in [0.15, 0.2) is 0 Å². The van der Waals surface area contributed by atoms with Gasteiger partial charge in [0.25, 0.3) is 0 Å². The molecule has 1 fully saturated rings. The molecule has 0 spiro atoms. The van der Waals surface area contributed by atoms with E-state index in [1.54, 1.807) is 4.90 Å². The lowest BCUT2D eigenvalue weighted by Crippen LogP contribution is -2.53. The molecule has 1 N–H and O–H groups in total. The summed E-state index contributed by atoms with van der Waals surface area (Å²) in [4.78, 5) is 1.56. The van der Waals surface area contributed by atoms with E-state index in [1.807, 2.05) is 6.92 Å². The number of alkyl halides is 3. The fourth-order valence-corrected chi connectivity index (χ4v) is 1.94. The summed E-state index contributed by atoms with van der Waals surface area (Å²) in [6.07, 6.45) is -2.38. The third kappa shape index (κ3) is 6.70. The quantitative estimate of drug-likeness (QED) is 0.858. The number of nitrogens with zero attached hydrogens (tertiary/aromatic N) is 1. The Balaban J connectivity index is 0. The van der Waals surface area contributed by atoms with Crippen molar-refractivity contribution in [2.75, 3.05) is 26.2 Å². The molecule has 106 valence electrons. The van der Waals surface area contributed by atoms with E-state index in [-0.39, 0.29) is 31.2 Å². The molecule has 0 aromatic heterocycles. The number of hydrogen-bond donors (Lipinski definition) is 1. The maximum atomic E-state index is 12.8. The average molecular weight is 297 g/mol. The van der Waals surface area contributed by atoms with Gasteiger partial charge < -0.3 is 5.32 Å². The Morgan fingerprint density at radius 3 is 2.12 bits per heavy atom. The van der Waals surface area contributed by atoms with Crippen LogP contribution in [0.25, 0.3) is 0 Å². The molecule has 0 bridgehead atoms. The lowest BCUT2D eigenvalue weighted by Gasteiger charge is -2.35. The van der Waals surface area contributed by atoms with Crippen LogP contribution in [0.2, 0.25) is 0 Å². The molecule has 7 heteroatoms. The molecule has 1 rings (SSSR count). The molecule has 1 heterocycles. The van der Waals surface area contributed by atoms with Crippen LogP contribution in [-0.4, -0.2) is 43.3 Å². The van der Waals surface area contributed by atoms with Gasteiger partial charge >= 0.3 is 6.18 Å². The molecular formula is C10H21Cl2F3N2. The van der Waals surface area contributed by atoms with Gasteiger partial charge in [-0.2, -0.15) is 13.2 Å². The summed E-state index contributed by atoms with van der Waals surface area (Å²) < 4.78 is 38.3. The van der Waals surface area contributed by atoms with Crippen molar-refractivity contribution < 1.29 is 13.2 Å². The van der Waals surface area contributed by atoms with Crippen molar-refractivity contribution in [3.63, 3.8) is 0 Å². The number of nitrogens with one attached hydrogen (secondary N) is 1. The highest BCUT2D eigenvalue weighted by atomic mass is 35.5. The maximum Gasteiger partial charge on any atom is 0.404 e. The maximum absolute atomic E-state index is 12.8. The van der Waals surface area contributed by atoms with Crippen molar-refractivity contribution >= 4 is 24.8 Å². The van der Waals surface area contributed by atoms with Crippen molar-refractivity contribution in [1.29, 1.82) is 0 Å². The molecule has 17 heavy (non-hydrogen) atoms. The summed E-state index contributed by atoms with van der Waals surface area (Å²) in [5, 5.41) is 3.07. The molecule has 0 aliphatic carbocycles. The molecule has 0 aromatic rings. The van der Waals surface area contributed by atoms with Crippen LogP contribution in [0.15, 0.2) is 0 Å². The van der Waals surface area contributed by atoms with Gasteiger partial charge in [0.05, 0.1) is 0 Å². The smallest absolute Gasteiger partial charge is 0.314 e. The Labute approximate surface area is 113 Å². The third-order valence-corrected chi connectivity index (χ3v) is 2.80. The zero-order valence-electron chi connectivity index (χ0n) is 9.92. The van der Waals surface area contributed by atoms with E-state index in [0.717, 1.165) is 6.42 Å². The number of halogens is 5. The summed E-state index contributed by atoms with van der Waals surface area (Å²) in [5.74, 6) is 0. The van der Waals surface area contributed by atoms with Gasteiger partial charge in [-0.15, -0.1) is 24.8 Å². The third-order valence-electron chi connectivity index (χ3n) is 2.80. The van der Waals surface area contributed by atoms with Crippen molar-refractivity contribution in [2.45, 2.75) is 38.4 Å². The zero-order valence-corrected chi connectivity index (χ0v) is 11.6. The number of unbranched alkanes of at least 4 members (excludes halogenated alkanes) is 1. The molecule has 1 aliphatic rings. The van der Waals surface area contributed by atoms with Crippen molar-refractivity contribution in [3.8, 4) is 0 Å². The van der Waals surface area contributed by atoms with Gasteiger partial charge in [-0.1, -0.05) is 19.8 Å². The highest BCUT2D eigenvalue weighted by molar-refractivity contribution is 5.85. The van der Waals surface area contributed by atoms with Crippen LogP contribution < -0.4 is 5.32 Å². The first-order chi connectivity index (χ1) is 7.05. The Morgan fingerprint density at radius 2 is 1.71 bits per heavy atom. The average Bonchev–Trinajstić information content (AvgIpc) is 2.18. The molecule has 0 aromatic carbocycles. The predicted octanol–water partition coefficient (Wildman–Crippen LogP) is 2.86. The lowest BCUT2D eigenvalue weighted by molar-refractivity contribution is -0.187. The fraction of sp³-hybridized carbons (Fsp3) is 1.00. The standard InChI is InChI=1S/C10H19F3N2.2ClH/c1-2-3-4-9(10(11,12)13)15-7-5-14-6-8-15;;/h9,14H,2-8H2,1H3;2*1H/t9-;;/m1../s1. The highest BCUT2D eigenvalue weighted by Crippen LogP contribution is 2.28. The van der Waals surface area contributed by atoms with Crippen molar-refractivity contribution in [3.05, 3.63) is 0 Å². The Morgan fingerprint density at radius 1 is 1.18 bits per heavy atom. The second kappa shape index (κ2) is 9.25. The van der Waals surface area contributed by atoms with Crippen molar-refractivity contribution in [1.82, 2.24) is 10.2 Å². The van der Waals surface area contributed by atoms with E-state index >= 15 is 0 Å². The SMILES string of the molecule is CCCC[C@@H](N1CCNCC1)C(F)(F)F.Cl.Cl. The monoisotopic (exact) mass is 296 g/mol. The van der Waals surface area contributed by atoms with E-state index in [2.05, 4.69) is 5.32 Å². The predicted molar refractivity (Wildman–Crippen MR) is 68.3 cm³/mol. The molecule has 0 saturated carbocycles. The van der Waals surface area contributed by atoms with Gasteiger partial charge in [0, 0.05) is 26.2 Å². The topological polar surface area (TPSA) is 15.3 Å². The number of rotatable bonds is 4. The van der Waals surface area contributed by atoms with E-state index in [0.29, 0.717) is 32.6 Å². The normalized spacial score (nSPS) is 19.1. The van der Waals surface area contributed by atoms with Crippen LogP contribution in [0.4, 0.5) is 13.2 Å². The van der Waals surface area contributed by atoms with Gasteiger partial charge in [0.1, 0.15) is 6.04 Å². The highest BCUT2D eigenvalue weighted by Gasteiger charge is 2.42. The first-order valence-electron chi connectivity index (χ1n) is 5.57. The molecule has 1 atom stereocenters. The number of piperazine rings is 1. The van der Waals surface area contributed by atoms with Crippen LogP contribution in [0.3, 0.4) is 0 Å². The first kappa shape index (κ1) is 19.6. The summed E-state index contributed by atoms with van der Waals surface area (Å²) in [6.45, 7) is 4.27. The minimum absolute atomic E-state index is 0. The van der Waals surface area contributed by atoms with E-state index in [9.17, 15) is 13.2 Å². The summed E-state index contributed by atoms with van der Waals surface area (Å²) in [7, 11) is 0. The van der Waals surface area contributed by atoms with Crippen LogP contribution >= 0.6 is 24.8 Å². The summed E-state index contributed by atoms with van der Waals surface area (Å²) >= 11 is 0. The summed E-state index contributed by atoms with van der Waals surface area (Å²) in [6, 6.07) is -1.24. The minimum atomic E-state index is -4.08. The van der Waals surface area contributed by atoms with Crippen LogP contribution in [0.1, 0.15) is 26.2 Å². The number of hydrogen-bond acceptors (Lipinski definition) is 2. The first-order valence-corrected chi connectivity index (χ1v) is 5.57. The second-order valence-electron chi connectivity index (χ2n) is 3.99.